The van der Waals surface area contributed by atoms with Gasteiger partial charge in [-0.2, -0.15) is 0 Å². The van der Waals surface area contributed by atoms with E-state index < -0.39 is 0 Å². The van der Waals surface area contributed by atoms with Crippen LogP contribution in [0.4, 0.5) is 0 Å². The molecule has 0 aliphatic heterocycles. The van der Waals surface area contributed by atoms with Gasteiger partial charge in [0.1, 0.15) is 17.2 Å². The van der Waals surface area contributed by atoms with Gasteiger partial charge in [0.05, 0.1) is 21.3 Å². The van der Waals surface area contributed by atoms with Crippen molar-refractivity contribution in [3.05, 3.63) is 53.6 Å². The Morgan fingerprint density at radius 3 is 1.60 bits per heavy atom. The predicted octanol–water partition coefficient (Wildman–Crippen LogP) is 3.86. The van der Waals surface area contributed by atoms with Gasteiger partial charge in [-0.1, -0.05) is 19.1 Å². The number of hydrogen-bond donors (Lipinski definition) is 0. The van der Waals surface area contributed by atoms with Gasteiger partial charge in [-0.25, -0.2) is 0 Å². The molecule has 3 nitrogen and oxygen atoms in total. The summed E-state index contributed by atoms with van der Waals surface area (Å²) in [5, 5.41) is 0. The molecule has 0 amide bonds. The molecule has 2 rings (SSSR count). The molecule has 106 valence electrons. The number of methoxy groups -OCH3 is 3. The normalized spacial score (nSPS) is 11.8. The molecule has 0 aliphatic rings. The van der Waals surface area contributed by atoms with Crippen LogP contribution in [-0.2, 0) is 0 Å². The second-order valence-corrected chi connectivity index (χ2v) is 4.64. The predicted molar refractivity (Wildman–Crippen MR) is 80.1 cm³/mol. The molecule has 0 N–H and O–H groups in total. The van der Waals surface area contributed by atoms with Crippen molar-refractivity contribution in [1.29, 1.82) is 0 Å². The first-order valence-electron chi connectivity index (χ1n) is 6.55. The standard InChI is InChI=1S/C17H20O3/c1-12(13-5-7-15(18-2)8-6-13)14-9-16(19-3)11-17(10-14)20-4/h5-12H,1-4H3/t12-/m1/s1. The fourth-order valence-corrected chi connectivity index (χ4v) is 2.16. The maximum Gasteiger partial charge on any atom is 0.122 e. The minimum Gasteiger partial charge on any atom is -0.497 e. The maximum atomic E-state index is 5.32. The van der Waals surface area contributed by atoms with Crippen molar-refractivity contribution in [2.75, 3.05) is 21.3 Å². The highest BCUT2D eigenvalue weighted by atomic mass is 16.5. The van der Waals surface area contributed by atoms with Crippen LogP contribution in [-0.4, -0.2) is 21.3 Å². The van der Waals surface area contributed by atoms with E-state index in [9.17, 15) is 0 Å². The molecule has 0 unspecified atom stereocenters. The van der Waals surface area contributed by atoms with E-state index in [1.807, 2.05) is 30.3 Å². The first-order chi connectivity index (χ1) is 9.67. The lowest BCUT2D eigenvalue weighted by Crippen LogP contribution is -1.98. The summed E-state index contributed by atoms with van der Waals surface area (Å²) < 4.78 is 15.8. The van der Waals surface area contributed by atoms with Crippen LogP contribution in [0.25, 0.3) is 0 Å². The Bertz CT molecular complexity index is 539. The Balaban J connectivity index is 2.33. The van der Waals surface area contributed by atoms with Crippen molar-refractivity contribution in [3.63, 3.8) is 0 Å². The Morgan fingerprint density at radius 1 is 0.650 bits per heavy atom. The van der Waals surface area contributed by atoms with Gasteiger partial charge in [0.25, 0.3) is 0 Å². The number of ether oxygens (including phenoxy) is 3. The maximum absolute atomic E-state index is 5.32. The van der Waals surface area contributed by atoms with Crippen molar-refractivity contribution in [3.8, 4) is 17.2 Å². The van der Waals surface area contributed by atoms with Gasteiger partial charge in [0, 0.05) is 12.0 Å². The minimum atomic E-state index is 0.255. The molecular weight excluding hydrogens is 252 g/mol. The monoisotopic (exact) mass is 272 g/mol. The van der Waals surface area contributed by atoms with E-state index in [1.54, 1.807) is 21.3 Å². The van der Waals surface area contributed by atoms with Crippen LogP contribution in [0.3, 0.4) is 0 Å². The molecular formula is C17H20O3. The van der Waals surface area contributed by atoms with Crippen molar-refractivity contribution in [2.24, 2.45) is 0 Å². The lowest BCUT2D eigenvalue weighted by atomic mass is 9.93. The average Bonchev–Trinajstić information content (AvgIpc) is 2.53. The van der Waals surface area contributed by atoms with Crippen LogP contribution >= 0.6 is 0 Å². The molecule has 3 heteroatoms. The minimum absolute atomic E-state index is 0.255. The average molecular weight is 272 g/mol. The van der Waals surface area contributed by atoms with E-state index in [4.69, 9.17) is 14.2 Å². The summed E-state index contributed by atoms with van der Waals surface area (Å²) in [6, 6.07) is 14.1. The van der Waals surface area contributed by atoms with Crippen LogP contribution in [0.2, 0.25) is 0 Å². The summed E-state index contributed by atoms with van der Waals surface area (Å²) in [4.78, 5) is 0. The molecule has 2 aromatic rings. The molecule has 0 spiro atoms. The van der Waals surface area contributed by atoms with Crippen LogP contribution in [0.1, 0.15) is 24.0 Å². The lowest BCUT2D eigenvalue weighted by molar-refractivity contribution is 0.393. The van der Waals surface area contributed by atoms with Gasteiger partial charge in [0.2, 0.25) is 0 Å². The highest BCUT2D eigenvalue weighted by Crippen LogP contribution is 2.31. The van der Waals surface area contributed by atoms with E-state index in [0.717, 1.165) is 22.8 Å². The summed E-state index contributed by atoms with van der Waals surface area (Å²) in [5.41, 5.74) is 2.38. The van der Waals surface area contributed by atoms with Gasteiger partial charge in [-0.15, -0.1) is 0 Å². The van der Waals surface area contributed by atoms with Crippen molar-refractivity contribution >= 4 is 0 Å². The first-order valence-corrected chi connectivity index (χ1v) is 6.55. The zero-order chi connectivity index (χ0) is 14.5. The number of rotatable bonds is 5. The van der Waals surface area contributed by atoms with Crippen LogP contribution < -0.4 is 14.2 Å². The fourth-order valence-electron chi connectivity index (χ4n) is 2.16. The largest absolute Gasteiger partial charge is 0.497 e. The van der Waals surface area contributed by atoms with E-state index in [0.29, 0.717) is 0 Å². The van der Waals surface area contributed by atoms with Crippen LogP contribution in [0.5, 0.6) is 17.2 Å². The zero-order valence-corrected chi connectivity index (χ0v) is 12.3. The van der Waals surface area contributed by atoms with Crippen LogP contribution in [0.15, 0.2) is 42.5 Å². The Hall–Kier alpha value is -2.16. The molecule has 0 fully saturated rings. The Labute approximate surface area is 120 Å². The Morgan fingerprint density at radius 2 is 1.15 bits per heavy atom. The molecule has 20 heavy (non-hydrogen) atoms. The first kappa shape index (κ1) is 14.3. The molecule has 0 heterocycles. The molecule has 2 aromatic carbocycles. The molecule has 0 bridgehead atoms. The van der Waals surface area contributed by atoms with E-state index in [-0.39, 0.29) is 5.92 Å². The SMILES string of the molecule is COc1ccc([C@@H](C)c2cc(OC)cc(OC)c2)cc1. The lowest BCUT2D eigenvalue weighted by Gasteiger charge is -2.15. The molecule has 0 saturated heterocycles. The van der Waals surface area contributed by atoms with Crippen molar-refractivity contribution < 1.29 is 14.2 Å². The van der Waals surface area contributed by atoms with Crippen LogP contribution in [0, 0.1) is 0 Å². The highest BCUT2D eigenvalue weighted by Gasteiger charge is 2.11. The summed E-state index contributed by atoms with van der Waals surface area (Å²) in [6.07, 6.45) is 0. The van der Waals surface area contributed by atoms with Crippen molar-refractivity contribution in [2.45, 2.75) is 12.8 Å². The summed E-state index contributed by atoms with van der Waals surface area (Å²) >= 11 is 0. The topological polar surface area (TPSA) is 27.7 Å². The molecule has 0 aliphatic carbocycles. The van der Waals surface area contributed by atoms with E-state index in [1.165, 1.54) is 5.56 Å². The van der Waals surface area contributed by atoms with Gasteiger partial charge < -0.3 is 14.2 Å². The summed E-state index contributed by atoms with van der Waals surface area (Å²) in [5.74, 6) is 2.73. The van der Waals surface area contributed by atoms with E-state index in [2.05, 4.69) is 19.1 Å². The van der Waals surface area contributed by atoms with Gasteiger partial charge >= 0.3 is 0 Å². The summed E-state index contributed by atoms with van der Waals surface area (Å²) in [7, 11) is 5.00. The van der Waals surface area contributed by atoms with Crippen molar-refractivity contribution in [1.82, 2.24) is 0 Å². The molecule has 0 aromatic heterocycles. The second kappa shape index (κ2) is 6.33. The molecule has 1 atom stereocenters. The third-order valence-electron chi connectivity index (χ3n) is 3.49. The van der Waals surface area contributed by atoms with Gasteiger partial charge in [0.15, 0.2) is 0 Å². The van der Waals surface area contributed by atoms with Gasteiger partial charge in [-0.3, -0.25) is 0 Å². The van der Waals surface area contributed by atoms with E-state index >= 15 is 0 Å². The number of benzene rings is 2. The third-order valence-corrected chi connectivity index (χ3v) is 3.49. The molecule has 0 radical (unpaired) electrons. The van der Waals surface area contributed by atoms with Gasteiger partial charge in [-0.05, 0) is 35.4 Å². The second-order valence-electron chi connectivity index (χ2n) is 4.64. The highest BCUT2D eigenvalue weighted by molar-refractivity contribution is 5.43. The number of hydrogen-bond acceptors (Lipinski definition) is 3. The quantitative estimate of drug-likeness (QED) is 0.827. The zero-order valence-electron chi connectivity index (χ0n) is 12.3. The Kier molecular flexibility index (Phi) is 4.51. The third kappa shape index (κ3) is 3.05. The molecule has 0 saturated carbocycles. The fraction of sp³-hybridized carbons (Fsp3) is 0.294. The smallest absolute Gasteiger partial charge is 0.122 e. The summed E-state index contributed by atoms with van der Waals surface area (Å²) in [6.45, 7) is 2.16.